The number of benzene rings is 1. The van der Waals surface area contributed by atoms with Crippen molar-refractivity contribution in [2.24, 2.45) is 5.73 Å². The number of carbonyl (C=O) groups is 4. The highest BCUT2D eigenvalue weighted by Crippen LogP contribution is 2.49. The van der Waals surface area contributed by atoms with Gasteiger partial charge in [0.1, 0.15) is 17.5 Å². The zero-order valence-electron chi connectivity index (χ0n) is 15.1. The molecule has 2 saturated heterocycles. The predicted molar refractivity (Wildman–Crippen MR) is 97.7 cm³/mol. The van der Waals surface area contributed by atoms with E-state index in [1.165, 1.54) is 13.8 Å². The third kappa shape index (κ3) is 2.46. The highest BCUT2D eigenvalue weighted by atomic mass is 32.2. The lowest BCUT2D eigenvalue weighted by molar-refractivity contribution is -0.176. The number of carbonyl (C=O) groups excluding carboxylic acids is 3. The minimum Gasteiger partial charge on any atom is -0.478 e. The summed E-state index contributed by atoms with van der Waals surface area (Å²) in [6, 6.07) is 6.00. The Morgan fingerprint density at radius 3 is 2.46 bits per heavy atom. The first-order valence-electron chi connectivity index (χ1n) is 8.40. The van der Waals surface area contributed by atoms with Crippen LogP contribution in [0.3, 0.4) is 0 Å². The van der Waals surface area contributed by atoms with Crippen LogP contribution < -0.4 is 16.4 Å². The van der Waals surface area contributed by atoms with Crippen molar-refractivity contribution in [1.82, 2.24) is 15.5 Å². The van der Waals surface area contributed by atoms with Crippen molar-refractivity contribution in [3.05, 3.63) is 35.9 Å². The van der Waals surface area contributed by atoms with Crippen molar-refractivity contribution in [3.8, 4) is 0 Å². The van der Waals surface area contributed by atoms with E-state index in [2.05, 4.69) is 10.6 Å². The fourth-order valence-corrected chi connectivity index (χ4v) is 5.72. The number of amides is 3. The minimum atomic E-state index is -2.27. The van der Waals surface area contributed by atoms with Crippen molar-refractivity contribution in [1.29, 1.82) is 0 Å². The average molecular weight is 408 g/mol. The predicted octanol–water partition coefficient (Wildman–Crippen LogP) is -1.59. The highest BCUT2D eigenvalue weighted by molar-refractivity contribution is 7.87. The maximum atomic E-state index is 13.0. The van der Waals surface area contributed by atoms with Gasteiger partial charge in [-0.05, 0) is 19.4 Å². The summed E-state index contributed by atoms with van der Waals surface area (Å²) < 4.78 is 11.4. The number of rotatable bonds is 6. The molecule has 2 fully saturated rings. The number of nitrogens with two attached hydrogens (primary N) is 1. The SMILES string of the molecule is CC1(C)S(=O)[C@@H]2[C@H](NC=O)C(=O)N2[C@@]1(NC(=O)C(N)c1ccccc1)C(=O)O. The van der Waals surface area contributed by atoms with E-state index in [9.17, 15) is 28.5 Å². The van der Waals surface area contributed by atoms with Crippen LogP contribution in [0.15, 0.2) is 30.3 Å². The van der Waals surface area contributed by atoms with E-state index in [4.69, 9.17) is 5.73 Å². The van der Waals surface area contributed by atoms with Gasteiger partial charge < -0.3 is 21.5 Å². The summed E-state index contributed by atoms with van der Waals surface area (Å²) >= 11 is 0. The van der Waals surface area contributed by atoms with Crippen LogP contribution in [-0.2, 0) is 30.0 Å². The second-order valence-corrected chi connectivity index (χ2v) is 9.16. The molecule has 2 aliphatic heterocycles. The minimum absolute atomic E-state index is 0.286. The van der Waals surface area contributed by atoms with Crippen LogP contribution in [0.4, 0.5) is 0 Å². The second kappa shape index (κ2) is 6.67. The van der Waals surface area contributed by atoms with Crippen LogP contribution >= 0.6 is 0 Å². The van der Waals surface area contributed by atoms with Gasteiger partial charge in [0.15, 0.2) is 0 Å². The summed E-state index contributed by atoms with van der Waals surface area (Å²) in [6.07, 6.45) is 0.286. The largest absolute Gasteiger partial charge is 0.478 e. The molecule has 150 valence electrons. The summed E-state index contributed by atoms with van der Waals surface area (Å²) in [4.78, 5) is 49.2. The monoisotopic (exact) mass is 408 g/mol. The molecular weight excluding hydrogens is 388 g/mol. The Bertz CT molecular complexity index is 876. The van der Waals surface area contributed by atoms with Gasteiger partial charge in [-0.1, -0.05) is 30.3 Å². The fraction of sp³-hybridized carbons (Fsp3) is 0.412. The van der Waals surface area contributed by atoms with Gasteiger partial charge in [-0.2, -0.15) is 0 Å². The molecule has 3 amide bonds. The van der Waals surface area contributed by atoms with Crippen LogP contribution in [0.2, 0.25) is 0 Å². The Hall–Kier alpha value is -2.79. The molecule has 5 atom stereocenters. The molecule has 2 unspecified atom stereocenters. The molecule has 0 saturated carbocycles. The van der Waals surface area contributed by atoms with E-state index in [1.54, 1.807) is 30.3 Å². The van der Waals surface area contributed by atoms with Gasteiger partial charge >= 0.3 is 5.97 Å². The molecule has 0 spiro atoms. The zero-order chi connectivity index (χ0) is 20.9. The molecule has 1 aromatic rings. The van der Waals surface area contributed by atoms with Crippen LogP contribution in [0, 0.1) is 0 Å². The van der Waals surface area contributed by atoms with Crippen molar-refractivity contribution < 1.29 is 28.5 Å². The van der Waals surface area contributed by atoms with Gasteiger partial charge in [0.05, 0.1) is 15.5 Å². The second-order valence-electron chi connectivity index (χ2n) is 7.06. The quantitative estimate of drug-likeness (QED) is 0.326. The van der Waals surface area contributed by atoms with Crippen molar-refractivity contribution in [3.63, 3.8) is 0 Å². The molecule has 0 radical (unpaired) electrons. The maximum Gasteiger partial charge on any atom is 0.352 e. The molecule has 10 nitrogen and oxygen atoms in total. The molecule has 1 aromatic carbocycles. The van der Waals surface area contributed by atoms with E-state index in [0.717, 1.165) is 4.90 Å². The fourth-order valence-electron chi connectivity index (χ4n) is 3.70. The Balaban J connectivity index is 2.00. The molecular formula is C17H20N4O6S. The first-order valence-corrected chi connectivity index (χ1v) is 9.62. The van der Waals surface area contributed by atoms with Crippen LogP contribution in [0.5, 0.6) is 0 Å². The number of nitrogens with zero attached hydrogens (tertiary/aromatic N) is 1. The average Bonchev–Trinajstić information content (AvgIpc) is 2.82. The lowest BCUT2D eigenvalue weighted by Crippen LogP contribution is -2.80. The van der Waals surface area contributed by atoms with Crippen molar-refractivity contribution in [2.75, 3.05) is 0 Å². The van der Waals surface area contributed by atoms with Crippen LogP contribution in [-0.4, -0.2) is 60.2 Å². The van der Waals surface area contributed by atoms with E-state index in [0.29, 0.717) is 5.56 Å². The first kappa shape index (κ1) is 20.0. The highest BCUT2D eigenvalue weighted by Gasteiger charge is 2.77. The van der Waals surface area contributed by atoms with Gasteiger partial charge in [0.25, 0.3) is 5.91 Å². The number of hydrogen-bond donors (Lipinski definition) is 4. The molecule has 5 N–H and O–H groups in total. The smallest absolute Gasteiger partial charge is 0.352 e. The lowest BCUT2D eigenvalue weighted by atomic mass is 9.88. The summed E-state index contributed by atoms with van der Waals surface area (Å²) in [5, 5.41) is 13.6. The van der Waals surface area contributed by atoms with E-state index in [-0.39, 0.29) is 6.41 Å². The summed E-state index contributed by atoms with van der Waals surface area (Å²) in [7, 11) is -1.89. The molecule has 3 rings (SSSR count). The molecule has 2 aliphatic rings. The molecule has 0 bridgehead atoms. The standard InChI is InChI=1S/C17H20N4O6S/c1-16(2)17(15(25)26,20-12(23)10(18)9-6-4-3-5-7-9)21-13(24)11(19-8-22)14(21)28(16)27/h3-8,10-11,14H,18H2,1-2H3,(H,19,22)(H,20,23)(H,25,26)/t10?,11-,14-,17+,28?/m1/s1. The zero-order valence-corrected chi connectivity index (χ0v) is 15.9. The number of β-lactam (4-membered cyclic amide) rings is 1. The van der Waals surface area contributed by atoms with Gasteiger partial charge in [-0.15, -0.1) is 0 Å². The molecule has 0 aliphatic carbocycles. The number of aliphatic carboxylic acids is 1. The van der Waals surface area contributed by atoms with Gasteiger partial charge in [0, 0.05) is 0 Å². The van der Waals surface area contributed by atoms with Crippen molar-refractivity contribution >= 4 is 35.0 Å². The molecule has 0 aromatic heterocycles. The third-order valence-electron chi connectivity index (χ3n) is 5.30. The van der Waals surface area contributed by atoms with Crippen LogP contribution in [0.25, 0.3) is 0 Å². The van der Waals surface area contributed by atoms with E-state index < -0.39 is 56.5 Å². The van der Waals surface area contributed by atoms with E-state index in [1.807, 2.05) is 0 Å². The lowest BCUT2D eigenvalue weighted by Gasteiger charge is -2.49. The van der Waals surface area contributed by atoms with E-state index >= 15 is 0 Å². The summed E-state index contributed by atoms with van der Waals surface area (Å²) in [5.41, 5.74) is 4.14. The third-order valence-corrected chi connectivity index (χ3v) is 7.52. The number of fused-ring (bicyclic) bond motifs is 1. The number of nitrogens with one attached hydrogen (secondary N) is 2. The maximum absolute atomic E-state index is 13.0. The first-order chi connectivity index (χ1) is 13.1. The Morgan fingerprint density at radius 1 is 1.32 bits per heavy atom. The number of carboxylic acid groups (broad SMARTS) is 1. The number of carboxylic acids is 1. The molecule has 11 heteroatoms. The van der Waals surface area contributed by atoms with Gasteiger partial charge in [-0.25, -0.2) is 4.79 Å². The summed E-state index contributed by atoms with van der Waals surface area (Å²) in [5.74, 6) is -3.12. The number of hydrogen-bond acceptors (Lipinski definition) is 6. The van der Waals surface area contributed by atoms with Crippen LogP contribution in [0.1, 0.15) is 25.5 Å². The Morgan fingerprint density at radius 2 is 1.93 bits per heavy atom. The van der Waals surface area contributed by atoms with Crippen molar-refractivity contribution in [2.45, 2.75) is 41.7 Å². The molecule has 28 heavy (non-hydrogen) atoms. The Kier molecular flexibility index (Phi) is 4.76. The topological polar surface area (TPSA) is 159 Å². The normalized spacial score (nSPS) is 31.3. The molecule has 2 heterocycles. The summed E-state index contributed by atoms with van der Waals surface area (Å²) in [6.45, 7) is 2.77. The van der Waals surface area contributed by atoms with Gasteiger partial charge in [-0.3, -0.25) is 23.5 Å². The Labute approximate surface area is 162 Å². The van der Waals surface area contributed by atoms with Gasteiger partial charge in [0.2, 0.25) is 18.0 Å².